The summed E-state index contributed by atoms with van der Waals surface area (Å²) < 4.78 is 0. The van der Waals surface area contributed by atoms with E-state index in [1.807, 2.05) is 44.9 Å². The predicted molar refractivity (Wildman–Crippen MR) is 72.3 cm³/mol. The average Bonchev–Trinajstić information content (AvgIpc) is 2.36. The summed E-state index contributed by atoms with van der Waals surface area (Å²) in [5.74, 6) is -0.0186. The lowest BCUT2D eigenvalue weighted by Crippen LogP contribution is -2.45. The third kappa shape index (κ3) is 3.49. The summed E-state index contributed by atoms with van der Waals surface area (Å²) in [6.45, 7) is 5.71. The lowest BCUT2D eigenvalue weighted by Gasteiger charge is -2.27. The number of nitrogens with one attached hydrogen (secondary N) is 1. The van der Waals surface area contributed by atoms with Crippen molar-refractivity contribution in [3.8, 4) is 6.07 Å². The number of amides is 1. The fraction of sp³-hybridized carbons (Fsp3) is 0.429. The van der Waals surface area contributed by atoms with Gasteiger partial charge in [-0.15, -0.1) is 0 Å². The van der Waals surface area contributed by atoms with Crippen LogP contribution in [-0.2, 0) is 4.79 Å². The quantitative estimate of drug-likeness (QED) is 0.881. The molecule has 1 unspecified atom stereocenters. The number of carbonyl (C=O) groups excluding carboxylic acids is 1. The van der Waals surface area contributed by atoms with Crippen LogP contribution in [0.3, 0.4) is 0 Å². The number of hydrogen-bond donors (Lipinski definition) is 1. The van der Waals surface area contributed by atoms with Crippen molar-refractivity contribution in [3.05, 3.63) is 29.8 Å². The predicted octanol–water partition coefficient (Wildman–Crippen LogP) is 1.91. The molecular formula is C14H19N3O. The van der Waals surface area contributed by atoms with Crippen molar-refractivity contribution in [1.29, 1.82) is 5.26 Å². The van der Waals surface area contributed by atoms with Gasteiger partial charge < -0.3 is 10.2 Å². The van der Waals surface area contributed by atoms with Crippen LogP contribution in [0.25, 0.3) is 0 Å². The Labute approximate surface area is 108 Å². The highest BCUT2D eigenvalue weighted by atomic mass is 16.2. The Kier molecular flexibility index (Phi) is 4.73. The van der Waals surface area contributed by atoms with Gasteiger partial charge in [0.25, 0.3) is 0 Å². The van der Waals surface area contributed by atoms with Crippen molar-refractivity contribution in [2.75, 3.05) is 11.9 Å². The number of hydrogen-bond acceptors (Lipinski definition) is 3. The first-order valence-electron chi connectivity index (χ1n) is 5.99. The Morgan fingerprint density at radius 3 is 2.61 bits per heavy atom. The first-order valence-corrected chi connectivity index (χ1v) is 5.99. The van der Waals surface area contributed by atoms with Gasteiger partial charge in [0.1, 0.15) is 6.04 Å². The monoisotopic (exact) mass is 245 g/mol. The van der Waals surface area contributed by atoms with Crippen LogP contribution in [0.1, 0.15) is 26.3 Å². The van der Waals surface area contributed by atoms with E-state index in [9.17, 15) is 4.79 Å². The molecule has 0 fully saturated rings. The Hall–Kier alpha value is -2.02. The molecule has 1 N–H and O–H groups in total. The molecule has 96 valence electrons. The second-order valence-electron chi connectivity index (χ2n) is 4.61. The molecule has 0 bridgehead atoms. The fourth-order valence-electron chi connectivity index (χ4n) is 1.60. The first-order chi connectivity index (χ1) is 8.45. The molecule has 1 rings (SSSR count). The molecule has 0 saturated carbocycles. The maximum absolute atomic E-state index is 11.9. The van der Waals surface area contributed by atoms with Crippen LogP contribution < -0.4 is 10.2 Å². The Morgan fingerprint density at radius 2 is 2.06 bits per heavy atom. The van der Waals surface area contributed by atoms with Gasteiger partial charge in [-0.1, -0.05) is 6.07 Å². The summed E-state index contributed by atoms with van der Waals surface area (Å²) >= 11 is 0. The highest BCUT2D eigenvalue weighted by molar-refractivity contribution is 5.85. The van der Waals surface area contributed by atoms with Crippen LogP contribution in [0.5, 0.6) is 0 Å². The van der Waals surface area contributed by atoms with E-state index in [2.05, 4.69) is 11.4 Å². The standard InChI is InChI=1S/C14H19N3O/c1-10(2)16-14(18)11(3)17(4)13-7-5-6-12(8-13)9-15/h5-8,10-11H,1-4H3,(H,16,18). The molecule has 0 radical (unpaired) electrons. The third-order valence-electron chi connectivity index (χ3n) is 2.77. The Morgan fingerprint density at radius 1 is 1.39 bits per heavy atom. The van der Waals surface area contributed by atoms with Gasteiger partial charge in [-0.2, -0.15) is 5.26 Å². The smallest absolute Gasteiger partial charge is 0.242 e. The summed E-state index contributed by atoms with van der Waals surface area (Å²) in [6, 6.07) is 9.17. The lowest BCUT2D eigenvalue weighted by molar-refractivity contribution is -0.122. The number of nitriles is 1. The maximum Gasteiger partial charge on any atom is 0.242 e. The van der Waals surface area contributed by atoms with Gasteiger partial charge in [0.05, 0.1) is 11.6 Å². The minimum absolute atomic E-state index is 0.0186. The second-order valence-corrected chi connectivity index (χ2v) is 4.61. The summed E-state index contributed by atoms with van der Waals surface area (Å²) in [5, 5.41) is 11.7. The van der Waals surface area contributed by atoms with E-state index in [4.69, 9.17) is 5.26 Å². The van der Waals surface area contributed by atoms with Crippen LogP contribution in [0.2, 0.25) is 0 Å². The second kappa shape index (κ2) is 6.06. The number of carbonyl (C=O) groups is 1. The zero-order chi connectivity index (χ0) is 13.7. The summed E-state index contributed by atoms with van der Waals surface area (Å²) in [5.41, 5.74) is 1.45. The van der Waals surface area contributed by atoms with Crippen LogP contribution in [0.4, 0.5) is 5.69 Å². The van der Waals surface area contributed by atoms with Crippen LogP contribution in [0.15, 0.2) is 24.3 Å². The first kappa shape index (κ1) is 14.0. The van der Waals surface area contributed by atoms with Gasteiger partial charge >= 0.3 is 0 Å². The average molecular weight is 245 g/mol. The Bertz CT molecular complexity index is 462. The van der Waals surface area contributed by atoms with E-state index in [-0.39, 0.29) is 18.0 Å². The van der Waals surface area contributed by atoms with Crippen molar-refractivity contribution in [1.82, 2.24) is 5.32 Å². The largest absolute Gasteiger partial charge is 0.363 e. The van der Waals surface area contributed by atoms with E-state index in [0.29, 0.717) is 5.56 Å². The molecule has 0 aliphatic heterocycles. The van der Waals surface area contributed by atoms with Crippen molar-refractivity contribution >= 4 is 11.6 Å². The molecule has 18 heavy (non-hydrogen) atoms. The van der Waals surface area contributed by atoms with E-state index >= 15 is 0 Å². The molecule has 0 aromatic heterocycles. The Balaban J connectivity index is 2.83. The third-order valence-corrected chi connectivity index (χ3v) is 2.77. The van der Waals surface area contributed by atoms with Crippen molar-refractivity contribution in [2.45, 2.75) is 32.9 Å². The van der Waals surface area contributed by atoms with Gasteiger partial charge in [0, 0.05) is 18.8 Å². The molecule has 1 amide bonds. The molecule has 0 aliphatic carbocycles. The minimum Gasteiger partial charge on any atom is -0.363 e. The molecule has 0 spiro atoms. The summed E-state index contributed by atoms with van der Waals surface area (Å²) in [6.07, 6.45) is 0. The molecule has 0 aliphatic rings. The molecule has 0 heterocycles. The molecule has 0 saturated heterocycles. The number of anilines is 1. The van der Waals surface area contributed by atoms with Gasteiger partial charge in [-0.05, 0) is 39.0 Å². The lowest BCUT2D eigenvalue weighted by atomic mass is 10.1. The normalized spacial score (nSPS) is 11.8. The van der Waals surface area contributed by atoms with E-state index in [1.54, 1.807) is 12.1 Å². The highest BCUT2D eigenvalue weighted by Gasteiger charge is 2.18. The van der Waals surface area contributed by atoms with Gasteiger partial charge in [-0.3, -0.25) is 4.79 Å². The highest BCUT2D eigenvalue weighted by Crippen LogP contribution is 2.16. The minimum atomic E-state index is -0.277. The van der Waals surface area contributed by atoms with E-state index in [1.165, 1.54) is 0 Å². The molecule has 4 heteroatoms. The molecule has 1 aromatic rings. The molecular weight excluding hydrogens is 226 g/mol. The van der Waals surface area contributed by atoms with Crippen molar-refractivity contribution in [2.24, 2.45) is 0 Å². The van der Waals surface area contributed by atoms with Crippen molar-refractivity contribution in [3.63, 3.8) is 0 Å². The number of benzene rings is 1. The van der Waals surface area contributed by atoms with Crippen molar-refractivity contribution < 1.29 is 4.79 Å². The van der Waals surface area contributed by atoms with Gasteiger partial charge in [0.2, 0.25) is 5.91 Å². The topological polar surface area (TPSA) is 56.1 Å². The number of likely N-dealkylation sites (N-methyl/N-ethyl adjacent to an activating group) is 1. The zero-order valence-corrected chi connectivity index (χ0v) is 11.3. The van der Waals surface area contributed by atoms with Crippen LogP contribution >= 0.6 is 0 Å². The van der Waals surface area contributed by atoms with Gasteiger partial charge in [0.15, 0.2) is 0 Å². The zero-order valence-electron chi connectivity index (χ0n) is 11.3. The number of rotatable bonds is 4. The molecule has 1 aromatic carbocycles. The maximum atomic E-state index is 11.9. The van der Waals surface area contributed by atoms with Crippen LogP contribution in [0, 0.1) is 11.3 Å². The molecule has 1 atom stereocenters. The fourth-order valence-corrected chi connectivity index (χ4v) is 1.60. The van der Waals surface area contributed by atoms with Gasteiger partial charge in [-0.25, -0.2) is 0 Å². The van der Waals surface area contributed by atoms with E-state index < -0.39 is 0 Å². The summed E-state index contributed by atoms with van der Waals surface area (Å²) in [7, 11) is 1.85. The number of nitrogens with zero attached hydrogens (tertiary/aromatic N) is 2. The SMILES string of the molecule is CC(C)NC(=O)C(C)N(C)c1cccc(C#N)c1. The summed E-state index contributed by atoms with van der Waals surface area (Å²) in [4.78, 5) is 13.8. The molecule has 4 nitrogen and oxygen atoms in total. The van der Waals surface area contributed by atoms with E-state index in [0.717, 1.165) is 5.69 Å². The van der Waals surface area contributed by atoms with Crippen LogP contribution in [-0.4, -0.2) is 25.0 Å².